The molecule has 25 heavy (non-hydrogen) atoms. The fraction of sp³-hybridized carbons (Fsp3) is 0.0526. The van der Waals surface area contributed by atoms with Crippen molar-refractivity contribution >= 4 is 28.6 Å². The number of benzene rings is 3. The number of phenolic OH excluding ortho intramolecular Hbond substituents is 2. The summed E-state index contributed by atoms with van der Waals surface area (Å²) in [5, 5.41) is 21.8. The maximum absolute atomic E-state index is 11.6. The number of esters is 1. The maximum Gasteiger partial charge on any atom is 0.337 e. The van der Waals surface area contributed by atoms with Gasteiger partial charge in [-0.15, -0.1) is 0 Å². The predicted molar refractivity (Wildman–Crippen MR) is 92.3 cm³/mol. The standard InChI is InChI=1S/C19H15NO4.Cu/c1-24-19(23)13-7-9-18(22)16(10-13)20-11-15-14-5-3-2-4-12(14)6-8-17(15)21;/h2-11,21-22H,1H3;. The summed E-state index contributed by atoms with van der Waals surface area (Å²) in [4.78, 5) is 15.8. The first kappa shape index (κ1) is 18.5. The van der Waals surface area contributed by atoms with Crippen LogP contribution < -0.4 is 0 Å². The van der Waals surface area contributed by atoms with Crippen molar-refractivity contribution in [2.24, 2.45) is 4.99 Å². The molecule has 0 aliphatic rings. The van der Waals surface area contributed by atoms with Gasteiger partial charge in [0, 0.05) is 28.8 Å². The van der Waals surface area contributed by atoms with E-state index in [1.54, 1.807) is 6.07 Å². The molecule has 131 valence electrons. The fourth-order valence-electron chi connectivity index (χ4n) is 2.43. The average Bonchev–Trinajstić information content (AvgIpc) is 2.61. The molecule has 2 N–H and O–H groups in total. The molecule has 0 saturated heterocycles. The van der Waals surface area contributed by atoms with E-state index < -0.39 is 5.97 Å². The Kier molecular flexibility index (Phi) is 5.80. The Hall–Kier alpha value is -2.82. The molecule has 1 radical (unpaired) electrons. The molecule has 3 aromatic carbocycles. The zero-order valence-electron chi connectivity index (χ0n) is 13.2. The first-order valence-electron chi connectivity index (χ1n) is 7.26. The van der Waals surface area contributed by atoms with Crippen LogP contribution in [0.2, 0.25) is 0 Å². The van der Waals surface area contributed by atoms with E-state index in [9.17, 15) is 15.0 Å². The minimum atomic E-state index is -0.514. The number of hydrogen-bond acceptors (Lipinski definition) is 5. The number of aromatic hydroxyl groups is 2. The Morgan fingerprint density at radius 2 is 1.76 bits per heavy atom. The van der Waals surface area contributed by atoms with Crippen molar-refractivity contribution in [2.75, 3.05) is 7.11 Å². The van der Waals surface area contributed by atoms with Crippen molar-refractivity contribution < 1.29 is 36.8 Å². The Morgan fingerprint density at radius 3 is 2.52 bits per heavy atom. The first-order chi connectivity index (χ1) is 11.6. The first-order valence-corrected chi connectivity index (χ1v) is 7.26. The number of rotatable bonds is 3. The number of hydrogen-bond donors (Lipinski definition) is 2. The molecule has 0 atom stereocenters. The SMILES string of the molecule is COC(=O)c1ccc(O)c(N=Cc2c(O)ccc3ccccc23)c1.[Cu]. The summed E-state index contributed by atoms with van der Waals surface area (Å²) in [6, 6.07) is 15.3. The summed E-state index contributed by atoms with van der Waals surface area (Å²) in [6.07, 6.45) is 1.47. The van der Waals surface area contributed by atoms with E-state index in [2.05, 4.69) is 9.73 Å². The molecular weight excluding hydrogens is 370 g/mol. The van der Waals surface area contributed by atoms with Crippen molar-refractivity contribution in [2.45, 2.75) is 0 Å². The summed E-state index contributed by atoms with van der Waals surface area (Å²) in [7, 11) is 1.28. The van der Waals surface area contributed by atoms with Crippen LogP contribution in [0.5, 0.6) is 11.5 Å². The van der Waals surface area contributed by atoms with Crippen LogP contribution in [0.15, 0.2) is 59.6 Å². The number of aliphatic imine (C=N–C) groups is 1. The summed E-state index contributed by atoms with van der Waals surface area (Å²) < 4.78 is 4.66. The third-order valence-corrected chi connectivity index (χ3v) is 3.68. The van der Waals surface area contributed by atoms with Crippen LogP contribution in [-0.4, -0.2) is 29.5 Å². The van der Waals surface area contributed by atoms with Gasteiger partial charge in [0.15, 0.2) is 0 Å². The maximum atomic E-state index is 11.6. The number of ether oxygens (including phenoxy) is 1. The van der Waals surface area contributed by atoms with Gasteiger partial charge in [-0.3, -0.25) is 4.99 Å². The number of nitrogens with zero attached hydrogens (tertiary/aromatic N) is 1. The monoisotopic (exact) mass is 384 g/mol. The van der Waals surface area contributed by atoms with E-state index >= 15 is 0 Å². The second-order valence-electron chi connectivity index (χ2n) is 5.17. The largest absolute Gasteiger partial charge is 0.507 e. The molecule has 0 aromatic heterocycles. The Bertz CT molecular complexity index is 953. The normalized spacial score (nSPS) is 10.6. The molecule has 0 saturated carbocycles. The van der Waals surface area contributed by atoms with E-state index in [0.29, 0.717) is 5.56 Å². The van der Waals surface area contributed by atoms with Crippen molar-refractivity contribution in [3.05, 3.63) is 65.7 Å². The van der Waals surface area contributed by atoms with E-state index in [1.165, 1.54) is 31.5 Å². The van der Waals surface area contributed by atoms with Crippen molar-refractivity contribution in [3.8, 4) is 11.5 Å². The van der Waals surface area contributed by atoms with Gasteiger partial charge in [-0.2, -0.15) is 0 Å². The fourth-order valence-corrected chi connectivity index (χ4v) is 2.43. The number of phenols is 2. The Labute approximate surface area is 155 Å². The van der Waals surface area contributed by atoms with Gasteiger partial charge < -0.3 is 14.9 Å². The van der Waals surface area contributed by atoms with Gasteiger partial charge in [-0.25, -0.2) is 4.79 Å². The predicted octanol–water partition coefficient (Wildman–Crippen LogP) is 3.79. The molecule has 3 rings (SSSR count). The summed E-state index contributed by atoms with van der Waals surface area (Å²) in [6.45, 7) is 0. The van der Waals surface area contributed by atoms with Crippen LogP contribution in [0, 0.1) is 0 Å². The molecule has 6 heteroatoms. The summed E-state index contributed by atoms with van der Waals surface area (Å²) in [5.41, 5.74) is 1.03. The van der Waals surface area contributed by atoms with Crippen LogP contribution >= 0.6 is 0 Å². The molecule has 0 heterocycles. The third-order valence-electron chi connectivity index (χ3n) is 3.68. The van der Waals surface area contributed by atoms with Gasteiger partial charge in [-0.1, -0.05) is 30.3 Å². The van der Waals surface area contributed by atoms with Crippen molar-refractivity contribution in [1.29, 1.82) is 0 Å². The van der Waals surface area contributed by atoms with Crippen molar-refractivity contribution in [3.63, 3.8) is 0 Å². The van der Waals surface area contributed by atoms with Gasteiger partial charge in [0.1, 0.15) is 17.2 Å². The smallest absolute Gasteiger partial charge is 0.337 e. The quantitative estimate of drug-likeness (QED) is 0.409. The minimum absolute atomic E-state index is 0. The molecule has 0 spiro atoms. The van der Waals surface area contributed by atoms with Crippen LogP contribution in [0.25, 0.3) is 10.8 Å². The van der Waals surface area contributed by atoms with Gasteiger partial charge in [0.2, 0.25) is 0 Å². The number of carbonyl (C=O) groups is 1. The Balaban J connectivity index is 0.00000225. The van der Waals surface area contributed by atoms with E-state index in [0.717, 1.165) is 10.8 Å². The van der Waals surface area contributed by atoms with Crippen LogP contribution in [0.4, 0.5) is 5.69 Å². The zero-order chi connectivity index (χ0) is 17.1. The van der Waals surface area contributed by atoms with Crippen molar-refractivity contribution in [1.82, 2.24) is 0 Å². The van der Waals surface area contributed by atoms with Gasteiger partial charge in [0.25, 0.3) is 0 Å². The number of carbonyl (C=O) groups excluding carboxylic acids is 1. The molecule has 0 fully saturated rings. The average molecular weight is 385 g/mol. The molecule has 5 nitrogen and oxygen atoms in total. The topological polar surface area (TPSA) is 79.1 Å². The minimum Gasteiger partial charge on any atom is -0.507 e. The second-order valence-corrected chi connectivity index (χ2v) is 5.17. The molecule has 0 unspecified atom stereocenters. The van der Waals surface area contributed by atoms with Crippen LogP contribution in [-0.2, 0) is 21.8 Å². The Morgan fingerprint density at radius 1 is 1.04 bits per heavy atom. The van der Waals surface area contributed by atoms with Crippen LogP contribution in [0.1, 0.15) is 15.9 Å². The second kappa shape index (κ2) is 7.83. The summed E-state index contributed by atoms with van der Waals surface area (Å²) in [5.74, 6) is -0.501. The molecule has 0 aliphatic carbocycles. The van der Waals surface area contributed by atoms with E-state index in [-0.39, 0.29) is 39.8 Å². The van der Waals surface area contributed by atoms with Gasteiger partial charge in [0.05, 0.1) is 12.7 Å². The number of methoxy groups -OCH3 is 1. The van der Waals surface area contributed by atoms with Crippen LogP contribution in [0.3, 0.4) is 0 Å². The molecule has 0 amide bonds. The third kappa shape index (κ3) is 3.82. The summed E-state index contributed by atoms with van der Waals surface area (Å²) >= 11 is 0. The molecule has 3 aromatic rings. The van der Waals surface area contributed by atoms with E-state index in [1.807, 2.05) is 30.3 Å². The number of fused-ring (bicyclic) bond motifs is 1. The van der Waals surface area contributed by atoms with Gasteiger partial charge >= 0.3 is 5.97 Å². The molecular formula is C19H15CuNO4. The molecule has 0 aliphatic heterocycles. The molecule has 0 bridgehead atoms. The zero-order valence-corrected chi connectivity index (χ0v) is 14.2. The van der Waals surface area contributed by atoms with Gasteiger partial charge in [-0.05, 0) is 35.0 Å². The van der Waals surface area contributed by atoms with E-state index in [4.69, 9.17) is 0 Å².